The van der Waals surface area contributed by atoms with E-state index >= 15 is 0 Å². The SMILES string of the molecule is O=C(CCc1ccc(S(=O)(=O)N2CCOCC2)cc1)NCc1cccc(NC(=O)C2CCCC2)c1. The van der Waals surface area contributed by atoms with Gasteiger partial charge in [-0.3, -0.25) is 9.59 Å². The average Bonchev–Trinajstić information content (AvgIpc) is 3.43. The number of morpholine rings is 1. The number of hydrogen-bond donors (Lipinski definition) is 2. The van der Waals surface area contributed by atoms with Crippen LogP contribution >= 0.6 is 0 Å². The van der Waals surface area contributed by atoms with E-state index in [0.717, 1.165) is 42.5 Å². The van der Waals surface area contributed by atoms with E-state index in [1.165, 1.54) is 4.31 Å². The lowest BCUT2D eigenvalue weighted by molar-refractivity contribution is -0.121. The number of rotatable bonds is 9. The van der Waals surface area contributed by atoms with Crippen molar-refractivity contribution in [2.24, 2.45) is 5.92 Å². The number of carbonyl (C=O) groups excluding carboxylic acids is 2. The van der Waals surface area contributed by atoms with Gasteiger partial charge in [-0.15, -0.1) is 0 Å². The van der Waals surface area contributed by atoms with Crippen LogP contribution in [0, 0.1) is 5.92 Å². The van der Waals surface area contributed by atoms with E-state index < -0.39 is 10.0 Å². The molecule has 2 aromatic rings. The molecule has 2 fully saturated rings. The van der Waals surface area contributed by atoms with Crippen molar-refractivity contribution in [2.45, 2.75) is 50.0 Å². The molecule has 2 aromatic carbocycles. The van der Waals surface area contributed by atoms with Gasteiger partial charge in [-0.1, -0.05) is 37.1 Å². The first-order valence-corrected chi connectivity index (χ1v) is 13.7. The first-order chi connectivity index (χ1) is 16.9. The van der Waals surface area contributed by atoms with Gasteiger partial charge in [-0.2, -0.15) is 4.31 Å². The quantitative estimate of drug-likeness (QED) is 0.552. The summed E-state index contributed by atoms with van der Waals surface area (Å²) < 4.78 is 32.1. The van der Waals surface area contributed by atoms with E-state index in [1.54, 1.807) is 24.3 Å². The van der Waals surface area contributed by atoms with Crippen LogP contribution in [0.2, 0.25) is 0 Å². The van der Waals surface area contributed by atoms with Crippen molar-refractivity contribution in [1.82, 2.24) is 9.62 Å². The fourth-order valence-corrected chi connectivity index (χ4v) is 5.91. The fourth-order valence-electron chi connectivity index (χ4n) is 4.50. The Morgan fingerprint density at radius 3 is 2.40 bits per heavy atom. The van der Waals surface area contributed by atoms with Gasteiger partial charge in [0.15, 0.2) is 0 Å². The first-order valence-electron chi connectivity index (χ1n) is 12.3. The summed E-state index contributed by atoms with van der Waals surface area (Å²) in [5.41, 5.74) is 2.57. The van der Waals surface area contributed by atoms with Gasteiger partial charge in [-0.05, 0) is 54.7 Å². The van der Waals surface area contributed by atoms with Gasteiger partial charge in [0.25, 0.3) is 0 Å². The highest BCUT2D eigenvalue weighted by Crippen LogP contribution is 2.26. The van der Waals surface area contributed by atoms with Crippen LogP contribution in [0.1, 0.15) is 43.2 Å². The predicted molar refractivity (Wildman–Crippen MR) is 133 cm³/mol. The van der Waals surface area contributed by atoms with Crippen LogP contribution in [0.25, 0.3) is 0 Å². The molecular formula is C26H33N3O5S. The number of carbonyl (C=O) groups is 2. The molecule has 1 aliphatic carbocycles. The standard InChI is InChI=1S/C26H33N3O5S/c30-25(27-19-21-4-3-7-23(18-21)28-26(31)22-5-1-2-6-22)13-10-20-8-11-24(12-9-20)35(32,33)29-14-16-34-17-15-29/h3-4,7-9,11-12,18,22H,1-2,5-6,10,13-17,19H2,(H,27,30)(H,28,31). The number of ether oxygens (including phenoxy) is 1. The van der Waals surface area contributed by atoms with Crippen LogP contribution in [-0.2, 0) is 37.3 Å². The first kappa shape index (κ1) is 25.3. The molecule has 0 radical (unpaired) electrons. The maximum atomic E-state index is 12.7. The summed E-state index contributed by atoms with van der Waals surface area (Å²) in [7, 11) is -3.52. The Labute approximate surface area is 207 Å². The van der Waals surface area contributed by atoms with E-state index in [1.807, 2.05) is 24.3 Å². The molecule has 1 saturated carbocycles. The molecule has 4 rings (SSSR count). The normalized spacial score (nSPS) is 17.3. The fraction of sp³-hybridized carbons (Fsp3) is 0.462. The second kappa shape index (κ2) is 11.8. The van der Waals surface area contributed by atoms with Crippen molar-refractivity contribution in [1.29, 1.82) is 0 Å². The predicted octanol–water partition coefficient (Wildman–Crippen LogP) is 3.09. The van der Waals surface area contributed by atoms with Crippen molar-refractivity contribution >= 4 is 27.5 Å². The Balaban J connectivity index is 1.23. The molecular weight excluding hydrogens is 466 g/mol. The second-order valence-corrected chi connectivity index (χ2v) is 11.0. The molecule has 0 unspecified atom stereocenters. The van der Waals surface area contributed by atoms with E-state index in [-0.39, 0.29) is 22.6 Å². The number of hydrogen-bond acceptors (Lipinski definition) is 5. The largest absolute Gasteiger partial charge is 0.379 e. The molecule has 0 bridgehead atoms. The van der Waals surface area contributed by atoms with Gasteiger partial charge in [0, 0.05) is 37.7 Å². The third kappa shape index (κ3) is 6.90. The Bertz CT molecular complexity index is 1120. The zero-order valence-electron chi connectivity index (χ0n) is 19.9. The minimum Gasteiger partial charge on any atom is -0.379 e. The van der Waals surface area contributed by atoms with Crippen molar-refractivity contribution in [3.8, 4) is 0 Å². The van der Waals surface area contributed by atoms with Crippen LogP contribution in [0.3, 0.4) is 0 Å². The van der Waals surface area contributed by atoms with Gasteiger partial charge in [0.1, 0.15) is 0 Å². The van der Waals surface area contributed by atoms with Gasteiger partial charge < -0.3 is 15.4 Å². The van der Waals surface area contributed by atoms with E-state index in [0.29, 0.717) is 45.7 Å². The van der Waals surface area contributed by atoms with E-state index in [9.17, 15) is 18.0 Å². The van der Waals surface area contributed by atoms with Crippen molar-refractivity contribution in [3.05, 3.63) is 59.7 Å². The topological polar surface area (TPSA) is 105 Å². The Kier molecular flexibility index (Phi) is 8.54. The molecule has 188 valence electrons. The Morgan fingerprint density at radius 1 is 0.971 bits per heavy atom. The van der Waals surface area contributed by atoms with Crippen molar-refractivity contribution in [3.63, 3.8) is 0 Å². The summed E-state index contributed by atoms with van der Waals surface area (Å²) in [5.74, 6) is 0.0924. The van der Waals surface area contributed by atoms with Crippen LogP contribution in [0.15, 0.2) is 53.4 Å². The molecule has 2 aliphatic rings. The van der Waals surface area contributed by atoms with Crippen LogP contribution < -0.4 is 10.6 Å². The minimum atomic E-state index is -3.52. The van der Waals surface area contributed by atoms with Crippen LogP contribution in [-0.4, -0.2) is 50.8 Å². The van der Waals surface area contributed by atoms with Gasteiger partial charge >= 0.3 is 0 Å². The summed E-state index contributed by atoms with van der Waals surface area (Å²) in [4.78, 5) is 25.0. The average molecular weight is 500 g/mol. The number of anilines is 1. The van der Waals surface area contributed by atoms with Crippen LogP contribution in [0.4, 0.5) is 5.69 Å². The molecule has 0 atom stereocenters. The van der Waals surface area contributed by atoms with Gasteiger partial charge in [0.05, 0.1) is 18.1 Å². The number of aryl methyl sites for hydroxylation is 1. The number of nitrogens with one attached hydrogen (secondary N) is 2. The molecule has 1 aliphatic heterocycles. The third-order valence-corrected chi connectivity index (χ3v) is 8.49. The lowest BCUT2D eigenvalue weighted by Crippen LogP contribution is -2.40. The molecule has 9 heteroatoms. The molecule has 2 N–H and O–H groups in total. The van der Waals surface area contributed by atoms with E-state index in [2.05, 4.69) is 10.6 Å². The summed E-state index contributed by atoms with van der Waals surface area (Å²) in [6.07, 6.45) is 4.94. The lowest BCUT2D eigenvalue weighted by atomic mass is 10.1. The smallest absolute Gasteiger partial charge is 0.243 e. The number of sulfonamides is 1. The highest BCUT2D eigenvalue weighted by atomic mass is 32.2. The number of amides is 2. The summed E-state index contributed by atoms with van der Waals surface area (Å²) >= 11 is 0. The van der Waals surface area contributed by atoms with E-state index in [4.69, 9.17) is 4.74 Å². The molecule has 0 aromatic heterocycles. The van der Waals surface area contributed by atoms with Crippen molar-refractivity contribution in [2.75, 3.05) is 31.6 Å². The lowest BCUT2D eigenvalue weighted by Gasteiger charge is -2.26. The molecule has 1 saturated heterocycles. The zero-order chi connectivity index (χ0) is 24.7. The maximum absolute atomic E-state index is 12.7. The van der Waals surface area contributed by atoms with Crippen molar-refractivity contribution < 1.29 is 22.7 Å². The molecule has 0 spiro atoms. The van der Waals surface area contributed by atoms with Crippen LogP contribution in [0.5, 0.6) is 0 Å². The molecule has 2 amide bonds. The van der Waals surface area contributed by atoms with Gasteiger partial charge in [0.2, 0.25) is 21.8 Å². The number of nitrogens with zero attached hydrogens (tertiary/aromatic N) is 1. The summed E-state index contributed by atoms with van der Waals surface area (Å²) in [6, 6.07) is 14.3. The highest BCUT2D eigenvalue weighted by Gasteiger charge is 2.26. The third-order valence-electron chi connectivity index (χ3n) is 6.58. The molecule has 1 heterocycles. The Morgan fingerprint density at radius 2 is 1.69 bits per heavy atom. The Hall–Kier alpha value is -2.75. The summed E-state index contributed by atoms with van der Waals surface area (Å²) in [5, 5.41) is 5.91. The minimum absolute atomic E-state index is 0.0763. The highest BCUT2D eigenvalue weighted by molar-refractivity contribution is 7.89. The monoisotopic (exact) mass is 499 g/mol. The second-order valence-electron chi connectivity index (χ2n) is 9.11. The van der Waals surface area contributed by atoms with Gasteiger partial charge in [-0.25, -0.2) is 8.42 Å². The maximum Gasteiger partial charge on any atom is 0.243 e. The zero-order valence-corrected chi connectivity index (χ0v) is 20.7. The summed E-state index contributed by atoms with van der Waals surface area (Å²) in [6.45, 7) is 1.92. The molecule has 8 nitrogen and oxygen atoms in total. The molecule has 35 heavy (non-hydrogen) atoms. The number of benzene rings is 2.